The van der Waals surface area contributed by atoms with Gasteiger partial charge in [-0.25, -0.2) is 9.74 Å². The third-order valence-corrected chi connectivity index (χ3v) is 9.80. The number of hydrogen-bond donors (Lipinski definition) is 0. The molecule has 1 aliphatic rings. The summed E-state index contributed by atoms with van der Waals surface area (Å²) < 4.78 is 2.04. The molecule has 0 unspecified atom stereocenters. The number of nitrogens with zero attached hydrogens (tertiary/aromatic N) is 4. The number of benzene rings is 7. The Morgan fingerprint density at radius 2 is 1.15 bits per heavy atom. The molecule has 0 aliphatic carbocycles. The molecule has 7 aromatic carbocycles. The molecule has 242 valence electrons. The Bertz CT molecular complexity index is 2760. The molecule has 0 N–H and O–H groups in total. The van der Waals surface area contributed by atoms with Crippen LogP contribution in [0.15, 0.2) is 158 Å². The molecule has 2 heterocycles. The van der Waals surface area contributed by atoms with Gasteiger partial charge in [-0.1, -0.05) is 103 Å². The van der Waals surface area contributed by atoms with E-state index in [2.05, 4.69) is 23.0 Å². The van der Waals surface area contributed by atoms with Gasteiger partial charge in [-0.15, -0.1) is 0 Å². The summed E-state index contributed by atoms with van der Waals surface area (Å²) in [4.78, 5) is 33.6. The van der Waals surface area contributed by atoms with E-state index in [1.807, 2.05) is 132 Å². The number of rotatable bonds is 5. The molecule has 0 saturated heterocycles. The highest BCUT2D eigenvalue weighted by Gasteiger charge is 2.39. The maximum Gasteiger partial charge on any atom is 0.268 e. The van der Waals surface area contributed by atoms with Crippen LogP contribution in [0.2, 0.25) is 0 Å². The molecular formula is C46H26N4O2. The number of amides is 2. The number of nitriles is 1. The number of fused-ring (bicyclic) bond motifs is 4. The molecule has 1 aliphatic heterocycles. The molecule has 0 fully saturated rings. The number of carbonyl (C=O) groups excluding carboxylic acids is 2. The van der Waals surface area contributed by atoms with Gasteiger partial charge in [-0.2, -0.15) is 5.26 Å². The Morgan fingerprint density at radius 3 is 1.88 bits per heavy atom. The number of aromatic nitrogens is 1. The maximum atomic E-state index is 14.5. The van der Waals surface area contributed by atoms with E-state index >= 15 is 0 Å². The van der Waals surface area contributed by atoms with Crippen LogP contribution in [0.3, 0.4) is 0 Å². The Morgan fingerprint density at radius 1 is 0.538 bits per heavy atom. The van der Waals surface area contributed by atoms with E-state index in [9.17, 15) is 14.9 Å². The van der Waals surface area contributed by atoms with E-state index in [0.29, 0.717) is 33.8 Å². The summed E-state index contributed by atoms with van der Waals surface area (Å²) in [5, 5.41) is 11.7. The summed E-state index contributed by atoms with van der Waals surface area (Å²) in [7, 11) is 0. The molecular weight excluding hydrogens is 641 g/mol. The van der Waals surface area contributed by atoms with E-state index in [1.165, 1.54) is 4.90 Å². The average molecular weight is 667 g/mol. The molecule has 0 spiro atoms. The van der Waals surface area contributed by atoms with Crippen molar-refractivity contribution >= 4 is 45.0 Å². The normalized spacial score (nSPS) is 12.2. The summed E-state index contributed by atoms with van der Waals surface area (Å²) in [6.07, 6.45) is 0. The first-order valence-corrected chi connectivity index (χ1v) is 16.8. The number of hydrogen-bond acceptors (Lipinski definition) is 3. The molecule has 8 aromatic rings. The second kappa shape index (κ2) is 12.1. The minimum Gasteiger partial charge on any atom is -0.308 e. The van der Waals surface area contributed by atoms with Crippen LogP contribution < -0.4 is 4.90 Å². The van der Waals surface area contributed by atoms with Gasteiger partial charge in [0.15, 0.2) is 5.69 Å². The Balaban J connectivity index is 1.26. The van der Waals surface area contributed by atoms with Crippen molar-refractivity contribution in [1.82, 2.24) is 4.57 Å². The molecule has 6 nitrogen and oxygen atoms in total. The zero-order valence-electron chi connectivity index (χ0n) is 27.6. The zero-order chi connectivity index (χ0) is 35.3. The zero-order valence-corrected chi connectivity index (χ0v) is 27.6. The lowest BCUT2D eigenvalue weighted by molar-refractivity contribution is 0.0926. The Labute approximate surface area is 299 Å². The third-order valence-electron chi connectivity index (χ3n) is 9.80. The SMILES string of the molecule is [C-]#[N+]c1ccccc1-c1ccc2c(c1)c1cc(-c3ccccc3C#N)ccc1n2-c1cccc2c1C(=O)N(c1cccc(-c3ccccc3)c1)C2=O. The fourth-order valence-electron chi connectivity index (χ4n) is 7.41. The smallest absolute Gasteiger partial charge is 0.268 e. The van der Waals surface area contributed by atoms with Gasteiger partial charge in [0.05, 0.1) is 51.7 Å². The van der Waals surface area contributed by atoms with Crippen molar-refractivity contribution < 1.29 is 9.59 Å². The molecule has 0 saturated carbocycles. The maximum absolute atomic E-state index is 14.5. The highest BCUT2D eigenvalue weighted by Crippen LogP contribution is 2.42. The van der Waals surface area contributed by atoms with Crippen molar-refractivity contribution in [3.63, 3.8) is 0 Å². The fourth-order valence-corrected chi connectivity index (χ4v) is 7.41. The van der Waals surface area contributed by atoms with Gasteiger partial charge < -0.3 is 4.57 Å². The Kier molecular flexibility index (Phi) is 7.10. The summed E-state index contributed by atoms with van der Waals surface area (Å²) in [5.74, 6) is -0.765. The highest BCUT2D eigenvalue weighted by molar-refractivity contribution is 6.36. The van der Waals surface area contributed by atoms with Crippen LogP contribution in [0.4, 0.5) is 11.4 Å². The Hall–Kier alpha value is -7.54. The second-order valence-corrected chi connectivity index (χ2v) is 12.6. The summed E-state index contributed by atoms with van der Waals surface area (Å²) >= 11 is 0. The lowest BCUT2D eigenvalue weighted by Gasteiger charge is -2.16. The van der Waals surface area contributed by atoms with Crippen molar-refractivity contribution in [2.45, 2.75) is 0 Å². The molecule has 6 heteroatoms. The number of imide groups is 1. The highest BCUT2D eigenvalue weighted by atomic mass is 16.2. The van der Waals surface area contributed by atoms with E-state index in [1.54, 1.807) is 18.2 Å². The van der Waals surface area contributed by atoms with E-state index < -0.39 is 5.91 Å². The quantitative estimate of drug-likeness (QED) is 0.136. The lowest BCUT2D eigenvalue weighted by Crippen LogP contribution is -2.29. The molecule has 52 heavy (non-hydrogen) atoms. The first kappa shape index (κ1) is 30.5. The van der Waals surface area contributed by atoms with Crippen LogP contribution in [0.25, 0.3) is 65.7 Å². The lowest BCUT2D eigenvalue weighted by atomic mass is 9.97. The standard InChI is InChI=1S/C46H26N4O2/c1-48-40-19-8-7-17-36(40)32-22-24-42-39(27-32)38-26-31(35-16-6-5-13-33(35)28-47)21-23-41(38)50(42)43-20-10-18-37-44(43)46(52)49(45(37)51)34-15-9-14-30(25-34)29-11-3-2-4-12-29/h2-27H. The van der Waals surface area contributed by atoms with Gasteiger partial charge in [0.1, 0.15) is 0 Å². The van der Waals surface area contributed by atoms with Gasteiger partial charge in [0.2, 0.25) is 0 Å². The van der Waals surface area contributed by atoms with Crippen LogP contribution in [0, 0.1) is 17.9 Å². The van der Waals surface area contributed by atoms with E-state index in [4.69, 9.17) is 6.57 Å². The van der Waals surface area contributed by atoms with Crippen molar-refractivity contribution in [3.8, 4) is 45.1 Å². The van der Waals surface area contributed by atoms with Crippen LogP contribution in [-0.2, 0) is 0 Å². The van der Waals surface area contributed by atoms with Gasteiger partial charge in [-0.05, 0) is 88.0 Å². The predicted molar refractivity (Wildman–Crippen MR) is 206 cm³/mol. The molecule has 0 atom stereocenters. The first-order chi connectivity index (χ1) is 25.6. The number of carbonyl (C=O) groups is 2. The van der Waals surface area contributed by atoms with Gasteiger partial charge >= 0.3 is 0 Å². The van der Waals surface area contributed by atoms with Crippen molar-refractivity contribution in [1.29, 1.82) is 5.26 Å². The summed E-state index contributed by atoms with van der Waals surface area (Å²) in [6, 6.07) is 52.3. The topological polar surface area (TPSA) is 70.5 Å². The van der Waals surface area contributed by atoms with Gasteiger partial charge in [-0.3, -0.25) is 9.59 Å². The van der Waals surface area contributed by atoms with E-state index in [-0.39, 0.29) is 5.91 Å². The molecule has 0 bridgehead atoms. The predicted octanol–water partition coefficient (Wildman–Crippen LogP) is 11.0. The number of para-hydroxylation sites is 1. The van der Waals surface area contributed by atoms with Crippen LogP contribution >= 0.6 is 0 Å². The first-order valence-electron chi connectivity index (χ1n) is 16.8. The van der Waals surface area contributed by atoms with Crippen molar-refractivity contribution in [3.05, 3.63) is 186 Å². The molecule has 1 aromatic heterocycles. The molecule has 2 amide bonds. The van der Waals surface area contributed by atoms with Crippen LogP contribution in [0.1, 0.15) is 26.3 Å². The third kappa shape index (κ3) is 4.71. The van der Waals surface area contributed by atoms with Gasteiger partial charge in [0, 0.05) is 10.8 Å². The largest absolute Gasteiger partial charge is 0.308 e. The van der Waals surface area contributed by atoms with Crippen molar-refractivity contribution in [2.75, 3.05) is 4.90 Å². The summed E-state index contributed by atoms with van der Waals surface area (Å²) in [5.41, 5.74) is 9.85. The second-order valence-electron chi connectivity index (χ2n) is 12.6. The van der Waals surface area contributed by atoms with Crippen LogP contribution in [0.5, 0.6) is 0 Å². The minimum atomic E-state index is -0.391. The van der Waals surface area contributed by atoms with Crippen LogP contribution in [-0.4, -0.2) is 16.4 Å². The average Bonchev–Trinajstić information content (AvgIpc) is 3.67. The summed E-state index contributed by atoms with van der Waals surface area (Å²) in [6.45, 7) is 7.78. The fraction of sp³-hybridized carbons (Fsp3) is 0. The molecule has 9 rings (SSSR count). The minimum absolute atomic E-state index is 0.331. The monoisotopic (exact) mass is 666 g/mol. The van der Waals surface area contributed by atoms with Gasteiger partial charge in [0.25, 0.3) is 11.8 Å². The van der Waals surface area contributed by atoms with Crippen molar-refractivity contribution in [2.24, 2.45) is 0 Å². The molecule has 0 radical (unpaired) electrons. The number of anilines is 1. The van der Waals surface area contributed by atoms with E-state index in [0.717, 1.165) is 55.2 Å².